The first-order valence-corrected chi connectivity index (χ1v) is 9.59. The molecule has 2 heterocycles. The fourth-order valence-electron chi connectivity index (χ4n) is 4.15. The van der Waals surface area contributed by atoms with Crippen LogP contribution in [0.4, 0.5) is 0 Å². The Hall–Kier alpha value is -2.10. The van der Waals surface area contributed by atoms with Crippen molar-refractivity contribution in [2.45, 2.75) is 57.5 Å². The number of aromatic nitrogens is 2. The van der Waals surface area contributed by atoms with E-state index in [4.69, 9.17) is 0 Å². The largest absolute Gasteiger partial charge is 0.339 e. The topological polar surface area (TPSA) is 38.1 Å². The van der Waals surface area contributed by atoms with E-state index in [1.165, 1.54) is 12.0 Å². The molecule has 1 aliphatic heterocycles. The molecule has 1 atom stereocenters. The summed E-state index contributed by atoms with van der Waals surface area (Å²) in [5.74, 6) is 0.376. The number of carbonyl (C=O) groups excluding carboxylic acids is 1. The number of hydrogen-bond donors (Lipinski definition) is 0. The van der Waals surface area contributed by atoms with Crippen LogP contribution in [0.25, 0.3) is 0 Å². The number of aryl methyl sites for hydroxylation is 1. The maximum absolute atomic E-state index is 13.3. The van der Waals surface area contributed by atoms with Crippen molar-refractivity contribution in [2.24, 2.45) is 5.41 Å². The molecule has 4 nitrogen and oxygen atoms in total. The smallest absolute Gasteiger partial charge is 0.230 e. The molecule has 1 saturated heterocycles. The molecule has 132 valence electrons. The van der Waals surface area contributed by atoms with Crippen LogP contribution in [0.15, 0.2) is 48.8 Å². The summed E-state index contributed by atoms with van der Waals surface area (Å²) in [4.78, 5) is 15.5. The van der Waals surface area contributed by atoms with Gasteiger partial charge in [0.15, 0.2) is 0 Å². The summed E-state index contributed by atoms with van der Waals surface area (Å²) >= 11 is 0. The van der Waals surface area contributed by atoms with Crippen LogP contribution >= 0.6 is 0 Å². The molecule has 25 heavy (non-hydrogen) atoms. The number of likely N-dealkylation sites (tertiary alicyclic amines) is 1. The highest BCUT2D eigenvalue weighted by molar-refractivity contribution is 5.85. The van der Waals surface area contributed by atoms with E-state index in [2.05, 4.69) is 40.3 Å². The molecule has 1 amide bonds. The van der Waals surface area contributed by atoms with Crippen molar-refractivity contribution in [2.75, 3.05) is 6.54 Å². The summed E-state index contributed by atoms with van der Waals surface area (Å²) in [6.45, 7) is 1.67. The molecule has 2 fully saturated rings. The third kappa shape index (κ3) is 3.63. The van der Waals surface area contributed by atoms with E-state index in [1.54, 1.807) is 6.20 Å². The van der Waals surface area contributed by atoms with Crippen LogP contribution in [0.5, 0.6) is 0 Å². The minimum absolute atomic E-state index is 0.186. The summed E-state index contributed by atoms with van der Waals surface area (Å²) in [7, 11) is 0. The van der Waals surface area contributed by atoms with Gasteiger partial charge in [0.1, 0.15) is 0 Å². The zero-order chi connectivity index (χ0) is 17.1. The van der Waals surface area contributed by atoms with Crippen LogP contribution in [0, 0.1) is 5.41 Å². The first-order chi connectivity index (χ1) is 12.3. The second kappa shape index (κ2) is 7.03. The van der Waals surface area contributed by atoms with E-state index in [1.807, 2.05) is 16.9 Å². The Morgan fingerprint density at radius 3 is 2.72 bits per heavy atom. The SMILES string of the molecule is O=C(N1CCCCC1CCc1ccccc1)C1(Cn2cccn2)CC1. The lowest BCUT2D eigenvalue weighted by atomic mass is 9.93. The van der Waals surface area contributed by atoms with Crippen molar-refractivity contribution in [3.63, 3.8) is 0 Å². The van der Waals surface area contributed by atoms with Crippen molar-refractivity contribution < 1.29 is 4.79 Å². The fourth-order valence-corrected chi connectivity index (χ4v) is 4.15. The normalized spacial score (nSPS) is 21.9. The lowest BCUT2D eigenvalue weighted by Crippen LogP contribution is -2.48. The number of hydrogen-bond acceptors (Lipinski definition) is 2. The van der Waals surface area contributed by atoms with Gasteiger partial charge in [-0.3, -0.25) is 9.48 Å². The average molecular weight is 337 g/mol. The minimum Gasteiger partial charge on any atom is -0.339 e. The van der Waals surface area contributed by atoms with Crippen molar-refractivity contribution in [1.29, 1.82) is 0 Å². The molecular formula is C21H27N3O. The van der Waals surface area contributed by atoms with E-state index in [0.717, 1.165) is 51.6 Å². The van der Waals surface area contributed by atoms with Crippen molar-refractivity contribution in [3.05, 3.63) is 54.4 Å². The van der Waals surface area contributed by atoms with Gasteiger partial charge in [0, 0.05) is 25.0 Å². The molecule has 0 spiro atoms. The molecule has 4 rings (SSSR count). The van der Waals surface area contributed by atoms with Gasteiger partial charge in [0.05, 0.1) is 12.0 Å². The van der Waals surface area contributed by atoms with Crippen molar-refractivity contribution in [3.8, 4) is 0 Å². The predicted octanol–water partition coefficient (Wildman–Crippen LogP) is 3.68. The summed E-state index contributed by atoms with van der Waals surface area (Å²) in [5, 5.41) is 4.31. The highest BCUT2D eigenvalue weighted by atomic mass is 16.2. The monoisotopic (exact) mass is 337 g/mol. The number of amides is 1. The minimum atomic E-state index is -0.186. The Kier molecular flexibility index (Phi) is 4.60. The maximum Gasteiger partial charge on any atom is 0.230 e. The maximum atomic E-state index is 13.3. The molecule has 0 N–H and O–H groups in total. The zero-order valence-electron chi connectivity index (χ0n) is 14.8. The number of piperidine rings is 1. The fraction of sp³-hybridized carbons (Fsp3) is 0.524. The van der Waals surface area contributed by atoms with Crippen molar-refractivity contribution in [1.82, 2.24) is 14.7 Å². The Balaban J connectivity index is 1.42. The van der Waals surface area contributed by atoms with Crippen LogP contribution in [0.2, 0.25) is 0 Å². The molecule has 1 aromatic heterocycles. The molecule has 0 radical (unpaired) electrons. The Morgan fingerprint density at radius 2 is 2.00 bits per heavy atom. The van der Waals surface area contributed by atoms with Gasteiger partial charge in [-0.2, -0.15) is 5.10 Å². The Labute approximate surface area is 149 Å². The molecule has 2 aliphatic rings. The van der Waals surface area contributed by atoms with E-state index in [-0.39, 0.29) is 5.41 Å². The molecule has 2 aromatic rings. The molecule has 4 heteroatoms. The van der Waals surface area contributed by atoms with Crippen LogP contribution in [0.3, 0.4) is 0 Å². The van der Waals surface area contributed by atoms with E-state index >= 15 is 0 Å². The van der Waals surface area contributed by atoms with Crippen LogP contribution in [-0.4, -0.2) is 33.2 Å². The molecular weight excluding hydrogens is 310 g/mol. The van der Waals surface area contributed by atoms with E-state index in [0.29, 0.717) is 11.9 Å². The van der Waals surface area contributed by atoms with Crippen LogP contribution in [0.1, 0.15) is 44.1 Å². The molecule has 1 unspecified atom stereocenters. The summed E-state index contributed by atoms with van der Waals surface area (Å²) in [5.41, 5.74) is 1.19. The first kappa shape index (κ1) is 16.4. The number of carbonyl (C=O) groups is 1. The van der Waals surface area contributed by atoms with Gasteiger partial charge in [-0.05, 0) is 56.6 Å². The van der Waals surface area contributed by atoms with Crippen molar-refractivity contribution >= 4 is 5.91 Å². The number of benzene rings is 1. The molecule has 0 bridgehead atoms. The van der Waals surface area contributed by atoms with E-state index in [9.17, 15) is 4.79 Å². The average Bonchev–Trinajstić information content (AvgIpc) is 3.26. The van der Waals surface area contributed by atoms with Crippen LogP contribution in [-0.2, 0) is 17.8 Å². The third-order valence-corrected chi connectivity index (χ3v) is 5.83. The lowest BCUT2D eigenvalue weighted by molar-refractivity contribution is -0.141. The molecule has 1 aromatic carbocycles. The van der Waals surface area contributed by atoms with Gasteiger partial charge in [-0.1, -0.05) is 30.3 Å². The lowest BCUT2D eigenvalue weighted by Gasteiger charge is -2.38. The second-order valence-corrected chi connectivity index (χ2v) is 7.66. The molecule has 1 saturated carbocycles. The van der Waals surface area contributed by atoms with Gasteiger partial charge in [0.2, 0.25) is 5.91 Å². The van der Waals surface area contributed by atoms with Gasteiger partial charge in [-0.15, -0.1) is 0 Å². The summed E-state index contributed by atoms with van der Waals surface area (Å²) in [6.07, 6.45) is 11.5. The standard InChI is InChI=1S/C21H27N3O/c25-20(21(12-13-21)17-23-15-6-14-22-23)24-16-5-4-9-19(24)11-10-18-7-2-1-3-8-18/h1-3,6-8,14-15,19H,4-5,9-13,16-17H2. The van der Waals surface area contributed by atoms with Gasteiger partial charge < -0.3 is 4.90 Å². The zero-order valence-corrected chi connectivity index (χ0v) is 14.8. The Morgan fingerprint density at radius 1 is 1.16 bits per heavy atom. The third-order valence-electron chi connectivity index (χ3n) is 5.83. The summed E-state index contributed by atoms with van der Waals surface area (Å²) in [6, 6.07) is 13.0. The van der Waals surface area contributed by atoms with Gasteiger partial charge >= 0.3 is 0 Å². The highest BCUT2D eigenvalue weighted by Crippen LogP contribution is 2.49. The first-order valence-electron chi connectivity index (χ1n) is 9.59. The van der Waals surface area contributed by atoms with Gasteiger partial charge in [-0.25, -0.2) is 0 Å². The number of rotatable bonds is 6. The Bertz CT molecular complexity index is 691. The highest BCUT2D eigenvalue weighted by Gasteiger charge is 2.53. The summed E-state index contributed by atoms with van der Waals surface area (Å²) < 4.78 is 1.92. The van der Waals surface area contributed by atoms with Crippen LogP contribution < -0.4 is 0 Å². The van der Waals surface area contributed by atoms with E-state index < -0.39 is 0 Å². The second-order valence-electron chi connectivity index (χ2n) is 7.66. The molecule has 1 aliphatic carbocycles. The quantitative estimate of drug-likeness (QED) is 0.806. The van der Waals surface area contributed by atoms with Gasteiger partial charge in [0.25, 0.3) is 0 Å². The number of nitrogens with zero attached hydrogens (tertiary/aromatic N) is 3. The predicted molar refractivity (Wildman–Crippen MR) is 98.0 cm³/mol.